The van der Waals surface area contributed by atoms with Crippen LogP contribution in [0.3, 0.4) is 0 Å². The third kappa shape index (κ3) is 4.91. The first-order valence-electron chi connectivity index (χ1n) is 9.93. The van der Waals surface area contributed by atoms with Crippen LogP contribution in [0.5, 0.6) is 5.75 Å². The second kappa shape index (κ2) is 9.39. The number of nitrogens with one attached hydrogen (secondary N) is 3. The molecular formula is C21H27N3O4. The maximum absolute atomic E-state index is 12.7. The first-order chi connectivity index (χ1) is 13.6. The van der Waals surface area contributed by atoms with Crippen LogP contribution in [0, 0.1) is 0 Å². The van der Waals surface area contributed by atoms with Crippen molar-refractivity contribution in [2.75, 3.05) is 6.61 Å². The molecule has 2 aromatic rings. The van der Waals surface area contributed by atoms with E-state index in [9.17, 15) is 14.4 Å². The number of H-pyrrole nitrogens is 2. The van der Waals surface area contributed by atoms with Gasteiger partial charge in [-0.2, -0.15) is 0 Å². The van der Waals surface area contributed by atoms with Crippen LogP contribution in [0.1, 0.15) is 67.4 Å². The van der Waals surface area contributed by atoms with Crippen LogP contribution in [0.2, 0.25) is 0 Å². The highest BCUT2D eigenvalue weighted by Gasteiger charge is 2.26. The van der Waals surface area contributed by atoms with Gasteiger partial charge in [0.15, 0.2) is 5.69 Å². The van der Waals surface area contributed by atoms with Crippen LogP contribution in [0.15, 0.2) is 39.9 Å². The lowest BCUT2D eigenvalue weighted by Crippen LogP contribution is -2.40. The lowest BCUT2D eigenvalue weighted by Gasteiger charge is -2.29. The van der Waals surface area contributed by atoms with Gasteiger partial charge in [-0.3, -0.25) is 19.6 Å². The Hall–Kier alpha value is -2.83. The van der Waals surface area contributed by atoms with Gasteiger partial charge in [-0.25, -0.2) is 4.79 Å². The summed E-state index contributed by atoms with van der Waals surface area (Å²) in [5.41, 5.74) is -0.170. The quantitative estimate of drug-likeness (QED) is 0.638. The summed E-state index contributed by atoms with van der Waals surface area (Å²) in [6.07, 6.45) is 5.33. The largest absolute Gasteiger partial charge is 0.486 e. The van der Waals surface area contributed by atoms with E-state index in [0.717, 1.165) is 38.5 Å². The Morgan fingerprint density at radius 2 is 1.82 bits per heavy atom. The lowest BCUT2D eigenvalue weighted by molar-refractivity contribution is 0.0915. The number of rotatable bonds is 7. The van der Waals surface area contributed by atoms with Gasteiger partial charge in [0.2, 0.25) is 5.75 Å². The Kier molecular flexibility index (Phi) is 6.68. The van der Waals surface area contributed by atoms with Crippen LogP contribution in [0.4, 0.5) is 0 Å². The summed E-state index contributed by atoms with van der Waals surface area (Å²) < 4.78 is 5.47. The van der Waals surface area contributed by atoms with Crippen LogP contribution in [-0.2, 0) is 0 Å². The van der Waals surface area contributed by atoms with Gasteiger partial charge in [-0.15, -0.1) is 0 Å². The molecule has 0 radical (unpaired) electrons. The number of benzene rings is 1. The van der Waals surface area contributed by atoms with Gasteiger partial charge in [-0.1, -0.05) is 43.7 Å². The van der Waals surface area contributed by atoms with E-state index in [2.05, 4.69) is 27.4 Å². The van der Waals surface area contributed by atoms with Gasteiger partial charge in [0, 0.05) is 6.04 Å². The Balaban J connectivity index is 1.65. The van der Waals surface area contributed by atoms with Crippen molar-refractivity contribution in [3.8, 4) is 5.75 Å². The second-order valence-electron chi connectivity index (χ2n) is 7.25. The maximum Gasteiger partial charge on any atom is 0.326 e. The average molecular weight is 385 g/mol. The van der Waals surface area contributed by atoms with Crippen molar-refractivity contribution >= 4 is 5.91 Å². The molecule has 28 heavy (non-hydrogen) atoms. The van der Waals surface area contributed by atoms with Crippen molar-refractivity contribution in [1.82, 2.24) is 15.3 Å². The Bertz CT molecular complexity index is 896. The lowest BCUT2D eigenvalue weighted by atomic mass is 9.82. The molecule has 0 unspecified atom stereocenters. The van der Waals surface area contributed by atoms with Crippen molar-refractivity contribution in [3.05, 3.63) is 62.4 Å². The molecule has 1 amide bonds. The molecule has 1 heterocycles. The normalized spacial score (nSPS) is 19.2. The SMILES string of the molecule is CCCCOc1c(C(=O)NC2CCC(c3ccccc3)CC2)[nH]c(=O)[nH]c1=O. The third-order valence-electron chi connectivity index (χ3n) is 5.20. The van der Waals surface area contributed by atoms with Crippen molar-refractivity contribution in [3.63, 3.8) is 0 Å². The Morgan fingerprint density at radius 1 is 1.11 bits per heavy atom. The van der Waals surface area contributed by atoms with E-state index in [-0.39, 0.29) is 17.5 Å². The molecule has 1 aromatic heterocycles. The smallest absolute Gasteiger partial charge is 0.326 e. The molecule has 7 nitrogen and oxygen atoms in total. The third-order valence-corrected chi connectivity index (χ3v) is 5.20. The maximum atomic E-state index is 12.7. The number of carbonyl (C=O) groups excluding carboxylic acids is 1. The fraction of sp³-hybridized carbons (Fsp3) is 0.476. The molecule has 150 valence electrons. The minimum absolute atomic E-state index is 0.0127. The fourth-order valence-corrected chi connectivity index (χ4v) is 3.64. The molecular weight excluding hydrogens is 358 g/mol. The summed E-state index contributed by atoms with van der Waals surface area (Å²) in [5.74, 6) is -0.0944. The molecule has 1 fully saturated rings. The first kappa shape index (κ1) is 19.9. The standard InChI is InChI=1S/C21H27N3O4/c1-2-3-13-28-18-17(23-21(27)24-20(18)26)19(25)22-16-11-9-15(10-12-16)14-7-5-4-6-8-14/h4-8,15-16H,2-3,9-13H2,1H3,(H,22,25)(H2,23,24,26,27). The van der Waals surface area contributed by atoms with Gasteiger partial charge < -0.3 is 10.1 Å². The predicted octanol–water partition coefficient (Wildman–Crippen LogP) is 2.70. The number of ether oxygens (including phenoxy) is 1. The van der Waals surface area contributed by atoms with Crippen LogP contribution < -0.4 is 21.3 Å². The van der Waals surface area contributed by atoms with E-state index < -0.39 is 17.2 Å². The van der Waals surface area contributed by atoms with Gasteiger partial charge in [0.05, 0.1) is 6.61 Å². The van der Waals surface area contributed by atoms with E-state index in [4.69, 9.17) is 4.74 Å². The number of carbonyl (C=O) groups is 1. The van der Waals surface area contributed by atoms with E-state index in [1.165, 1.54) is 5.56 Å². The van der Waals surface area contributed by atoms with Crippen molar-refractivity contribution < 1.29 is 9.53 Å². The molecule has 0 aliphatic heterocycles. The number of amides is 1. The van der Waals surface area contributed by atoms with Crippen LogP contribution in [0.25, 0.3) is 0 Å². The average Bonchev–Trinajstić information content (AvgIpc) is 2.70. The van der Waals surface area contributed by atoms with Gasteiger partial charge in [0.1, 0.15) is 0 Å². The molecule has 1 saturated carbocycles. The summed E-state index contributed by atoms with van der Waals surface area (Å²) in [6.45, 7) is 2.31. The number of hydrogen-bond donors (Lipinski definition) is 3. The molecule has 0 spiro atoms. The number of unbranched alkanes of at least 4 members (excludes halogenated alkanes) is 1. The van der Waals surface area contributed by atoms with Gasteiger partial charge >= 0.3 is 5.69 Å². The Labute approximate surface area is 163 Å². The van der Waals surface area contributed by atoms with E-state index >= 15 is 0 Å². The monoisotopic (exact) mass is 385 g/mol. The predicted molar refractivity (Wildman–Crippen MR) is 107 cm³/mol. The zero-order valence-electron chi connectivity index (χ0n) is 16.1. The number of hydrogen-bond acceptors (Lipinski definition) is 4. The zero-order chi connectivity index (χ0) is 19.9. The summed E-state index contributed by atoms with van der Waals surface area (Å²) in [4.78, 5) is 41.0. The fourth-order valence-electron chi connectivity index (χ4n) is 3.64. The molecule has 0 atom stereocenters. The molecule has 0 bridgehead atoms. The topological polar surface area (TPSA) is 104 Å². The number of aromatic nitrogens is 2. The zero-order valence-corrected chi connectivity index (χ0v) is 16.1. The summed E-state index contributed by atoms with van der Waals surface area (Å²) in [7, 11) is 0. The van der Waals surface area contributed by atoms with E-state index in [1.807, 2.05) is 25.1 Å². The van der Waals surface area contributed by atoms with Gasteiger partial charge in [0.25, 0.3) is 11.5 Å². The van der Waals surface area contributed by atoms with Crippen molar-refractivity contribution in [2.45, 2.75) is 57.4 Å². The molecule has 3 rings (SSSR count). The van der Waals surface area contributed by atoms with Gasteiger partial charge in [-0.05, 0) is 43.6 Å². The first-order valence-corrected chi connectivity index (χ1v) is 9.93. The summed E-state index contributed by atoms with van der Waals surface area (Å²) in [6, 6.07) is 10.4. The van der Waals surface area contributed by atoms with Crippen molar-refractivity contribution in [1.29, 1.82) is 0 Å². The van der Waals surface area contributed by atoms with Crippen LogP contribution >= 0.6 is 0 Å². The molecule has 3 N–H and O–H groups in total. The van der Waals surface area contributed by atoms with Crippen LogP contribution in [-0.4, -0.2) is 28.5 Å². The molecule has 1 aliphatic rings. The highest BCUT2D eigenvalue weighted by molar-refractivity contribution is 5.94. The molecule has 7 heteroatoms. The minimum Gasteiger partial charge on any atom is -0.486 e. The highest BCUT2D eigenvalue weighted by atomic mass is 16.5. The van der Waals surface area contributed by atoms with Crippen molar-refractivity contribution in [2.24, 2.45) is 0 Å². The Morgan fingerprint density at radius 3 is 2.50 bits per heavy atom. The van der Waals surface area contributed by atoms with E-state index in [0.29, 0.717) is 12.5 Å². The second-order valence-corrected chi connectivity index (χ2v) is 7.25. The summed E-state index contributed by atoms with van der Waals surface area (Å²) >= 11 is 0. The minimum atomic E-state index is -0.717. The number of aromatic amines is 2. The molecule has 1 aromatic carbocycles. The summed E-state index contributed by atoms with van der Waals surface area (Å²) in [5, 5.41) is 2.95. The molecule has 0 saturated heterocycles. The highest BCUT2D eigenvalue weighted by Crippen LogP contribution is 2.32. The molecule has 1 aliphatic carbocycles. The van der Waals surface area contributed by atoms with E-state index in [1.54, 1.807) is 0 Å².